The van der Waals surface area contributed by atoms with Crippen molar-refractivity contribution >= 4 is 5.71 Å². The van der Waals surface area contributed by atoms with E-state index in [2.05, 4.69) is 46.7 Å². The first kappa shape index (κ1) is 11.9. The van der Waals surface area contributed by atoms with E-state index in [1.165, 1.54) is 11.1 Å². The Morgan fingerprint density at radius 3 is 2.82 bits per heavy atom. The lowest BCUT2D eigenvalue weighted by Crippen LogP contribution is -2.16. The van der Waals surface area contributed by atoms with Gasteiger partial charge in [0.1, 0.15) is 5.71 Å². The topological polar surface area (TPSA) is 78.9 Å². The Labute approximate surface area is 101 Å². The van der Waals surface area contributed by atoms with E-state index < -0.39 is 0 Å². The van der Waals surface area contributed by atoms with E-state index in [1.807, 2.05) is 0 Å². The van der Waals surface area contributed by atoms with Crippen LogP contribution < -0.4 is 5.32 Å². The fourth-order valence-electron chi connectivity index (χ4n) is 1.76. The highest BCUT2D eigenvalue weighted by molar-refractivity contribution is 6.11. The van der Waals surface area contributed by atoms with Crippen molar-refractivity contribution < 1.29 is 0 Å². The van der Waals surface area contributed by atoms with Gasteiger partial charge in [-0.05, 0) is 31.1 Å². The highest BCUT2D eigenvalue weighted by Crippen LogP contribution is 2.15. The van der Waals surface area contributed by atoms with Crippen LogP contribution in [0.1, 0.15) is 33.0 Å². The molecule has 6 heteroatoms. The molecule has 0 spiro atoms. The molecule has 1 unspecified atom stereocenters. The number of aromatic amines is 1. The fourth-order valence-corrected chi connectivity index (χ4v) is 1.76. The van der Waals surface area contributed by atoms with Crippen molar-refractivity contribution in [3.8, 4) is 0 Å². The van der Waals surface area contributed by atoms with Crippen LogP contribution in [0.5, 0.6) is 0 Å². The van der Waals surface area contributed by atoms with Crippen molar-refractivity contribution in [1.29, 1.82) is 0 Å². The Morgan fingerprint density at radius 2 is 2.29 bits per heavy atom. The molecule has 0 amide bonds. The molecular weight excluding hydrogens is 216 g/mol. The average molecular weight is 234 g/mol. The number of nitrogens with one attached hydrogen (secondary N) is 2. The molecule has 1 aliphatic rings. The smallest absolute Gasteiger partial charge is 0.222 e. The molecule has 1 atom stereocenters. The second-order valence-corrected chi connectivity index (χ2v) is 4.33. The normalized spacial score (nSPS) is 18.9. The second-order valence-electron chi connectivity index (χ2n) is 4.33. The largest absolute Gasteiger partial charge is 0.309 e. The summed E-state index contributed by atoms with van der Waals surface area (Å²) >= 11 is 0. The molecule has 1 aromatic rings. The Balaban J connectivity index is 2.38. The van der Waals surface area contributed by atoms with Crippen molar-refractivity contribution in [2.45, 2.75) is 33.2 Å². The number of aliphatic imine (C=N–C) groups is 1. The van der Waals surface area contributed by atoms with E-state index in [-0.39, 0.29) is 6.04 Å². The third kappa shape index (κ3) is 2.58. The van der Waals surface area contributed by atoms with Gasteiger partial charge in [-0.2, -0.15) is 5.21 Å². The van der Waals surface area contributed by atoms with E-state index in [4.69, 9.17) is 4.99 Å². The molecule has 0 bridgehead atoms. The van der Waals surface area contributed by atoms with Gasteiger partial charge in [-0.3, -0.25) is 4.99 Å². The summed E-state index contributed by atoms with van der Waals surface area (Å²) in [6.45, 7) is 8.07. The van der Waals surface area contributed by atoms with Gasteiger partial charge in [-0.1, -0.05) is 12.5 Å². The van der Waals surface area contributed by atoms with Crippen LogP contribution in [0.25, 0.3) is 0 Å². The third-order valence-corrected chi connectivity index (χ3v) is 2.99. The van der Waals surface area contributed by atoms with Crippen molar-refractivity contribution in [2.24, 2.45) is 4.99 Å². The first-order valence-corrected chi connectivity index (χ1v) is 5.93. The molecule has 0 saturated carbocycles. The zero-order valence-electron chi connectivity index (χ0n) is 10.5. The number of rotatable bonds is 4. The Morgan fingerprint density at radius 1 is 1.47 bits per heavy atom. The van der Waals surface area contributed by atoms with Gasteiger partial charge in [0.05, 0.1) is 0 Å². The molecule has 0 fully saturated rings. The molecule has 0 aliphatic carbocycles. The number of hydrogen-bond donors (Lipinski definition) is 2. The molecule has 1 aromatic heterocycles. The SMILES string of the molecule is CCC(C)N=C(C1=C(C)CNC1)c1nn[nH]n1. The minimum Gasteiger partial charge on any atom is -0.309 e. The van der Waals surface area contributed by atoms with Crippen molar-refractivity contribution in [2.75, 3.05) is 13.1 Å². The van der Waals surface area contributed by atoms with Gasteiger partial charge in [-0.25, -0.2) is 0 Å². The van der Waals surface area contributed by atoms with Gasteiger partial charge in [0.15, 0.2) is 0 Å². The molecule has 0 radical (unpaired) electrons. The van der Waals surface area contributed by atoms with Crippen LogP contribution in [-0.2, 0) is 0 Å². The summed E-state index contributed by atoms with van der Waals surface area (Å²) in [4.78, 5) is 4.70. The fraction of sp³-hybridized carbons (Fsp3) is 0.636. The van der Waals surface area contributed by atoms with E-state index >= 15 is 0 Å². The van der Waals surface area contributed by atoms with Crippen molar-refractivity contribution in [1.82, 2.24) is 25.9 Å². The Kier molecular flexibility index (Phi) is 3.63. The van der Waals surface area contributed by atoms with Crippen LogP contribution in [0.2, 0.25) is 0 Å². The average Bonchev–Trinajstić information content (AvgIpc) is 2.97. The summed E-state index contributed by atoms with van der Waals surface area (Å²) < 4.78 is 0. The summed E-state index contributed by atoms with van der Waals surface area (Å²) in [6.07, 6.45) is 1.00. The van der Waals surface area contributed by atoms with Crippen LogP contribution >= 0.6 is 0 Å². The highest BCUT2D eigenvalue weighted by Gasteiger charge is 2.20. The lowest BCUT2D eigenvalue weighted by Gasteiger charge is -2.08. The Bertz CT molecular complexity index is 431. The van der Waals surface area contributed by atoms with Crippen LogP contribution in [-0.4, -0.2) is 45.5 Å². The number of tetrazole rings is 1. The lowest BCUT2D eigenvalue weighted by atomic mass is 10.1. The van der Waals surface area contributed by atoms with Crippen molar-refractivity contribution in [3.05, 3.63) is 17.0 Å². The van der Waals surface area contributed by atoms with Gasteiger partial charge >= 0.3 is 0 Å². The molecule has 1 aliphatic heterocycles. The van der Waals surface area contributed by atoms with Gasteiger partial charge in [0, 0.05) is 19.1 Å². The van der Waals surface area contributed by atoms with Crippen LogP contribution in [0.4, 0.5) is 0 Å². The van der Waals surface area contributed by atoms with E-state index in [9.17, 15) is 0 Å². The highest BCUT2D eigenvalue weighted by atomic mass is 15.5. The summed E-state index contributed by atoms with van der Waals surface area (Å²) in [6, 6.07) is 0.268. The lowest BCUT2D eigenvalue weighted by molar-refractivity contribution is 0.716. The molecule has 0 saturated heterocycles. The summed E-state index contributed by atoms with van der Waals surface area (Å²) in [7, 11) is 0. The predicted molar refractivity (Wildman–Crippen MR) is 66.0 cm³/mol. The quantitative estimate of drug-likeness (QED) is 0.752. The van der Waals surface area contributed by atoms with Gasteiger partial charge < -0.3 is 5.32 Å². The molecule has 92 valence electrons. The van der Waals surface area contributed by atoms with Crippen LogP contribution in [0, 0.1) is 0 Å². The van der Waals surface area contributed by atoms with E-state index in [1.54, 1.807) is 0 Å². The minimum atomic E-state index is 0.268. The van der Waals surface area contributed by atoms with Gasteiger partial charge in [0.2, 0.25) is 5.82 Å². The maximum Gasteiger partial charge on any atom is 0.222 e. The number of nitrogens with zero attached hydrogens (tertiary/aromatic N) is 4. The molecular formula is C11H18N6. The molecule has 2 N–H and O–H groups in total. The number of aromatic nitrogens is 4. The monoisotopic (exact) mass is 234 g/mol. The minimum absolute atomic E-state index is 0.268. The third-order valence-electron chi connectivity index (χ3n) is 2.99. The zero-order chi connectivity index (χ0) is 12.3. The predicted octanol–water partition coefficient (Wildman–Crippen LogP) is 0.707. The van der Waals surface area contributed by atoms with E-state index in [0.29, 0.717) is 5.82 Å². The summed E-state index contributed by atoms with van der Waals surface area (Å²) in [5, 5.41) is 17.5. The molecule has 17 heavy (non-hydrogen) atoms. The standard InChI is InChI=1S/C11H18N6/c1-4-8(3)13-10(11-14-16-17-15-11)9-6-12-5-7(9)2/h8,12H,4-6H2,1-3H3,(H,14,15,16,17). The van der Waals surface area contributed by atoms with Gasteiger partial charge in [0.25, 0.3) is 0 Å². The second kappa shape index (κ2) is 5.18. The molecule has 2 heterocycles. The maximum absolute atomic E-state index is 4.70. The molecule has 0 aromatic carbocycles. The first-order valence-electron chi connectivity index (χ1n) is 5.93. The van der Waals surface area contributed by atoms with Crippen LogP contribution in [0.3, 0.4) is 0 Å². The van der Waals surface area contributed by atoms with Gasteiger partial charge in [-0.15, -0.1) is 10.2 Å². The molecule has 2 rings (SSSR count). The molecule has 6 nitrogen and oxygen atoms in total. The maximum atomic E-state index is 4.70. The van der Waals surface area contributed by atoms with Crippen molar-refractivity contribution in [3.63, 3.8) is 0 Å². The van der Waals surface area contributed by atoms with E-state index in [0.717, 1.165) is 25.2 Å². The Hall–Kier alpha value is -1.56. The van der Waals surface area contributed by atoms with Crippen LogP contribution in [0.15, 0.2) is 16.1 Å². The summed E-state index contributed by atoms with van der Waals surface area (Å²) in [5.41, 5.74) is 3.37. The number of H-pyrrole nitrogens is 1. The summed E-state index contributed by atoms with van der Waals surface area (Å²) in [5.74, 6) is 0.586. The number of hydrogen-bond acceptors (Lipinski definition) is 5. The zero-order valence-corrected chi connectivity index (χ0v) is 10.5. The first-order chi connectivity index (χ1) is 8.22.